The molecule has 2 amide bonds. The van der Waals surface area contributed by atoms with Crippen LogP contribution in [0.2, 0.25) is 0 Å². The fourth-order valence-corrected chi connectivity index (χ4v) is 3.69. The van der Waals surface area contributed by atoms with Crippen molar-refractivity contribution in [3.05, 3.63) is 57.9 Å². The lowest BCUT2D eigenvalue weighted by Gasteiger charge is -2.29. The fourth-order valence-electron chi connectivity index (χ4n) is 3.41. The van der Waals surface area contributed by atoms with E-state index in [0.717, 1.165) is 28.1 Å². The van der Waals surface area contributed by atoms with E-state index >= 15 is 0 Å². The summed E-state index contributed by atoms with van der Waals surface area (Å²) in [6.07, 6.45) is 1.64. The molecule has 1 aliphatic heterocycles. The van der Waals surface area contributed by atoms with E-state index in [1.165, 1.54) is 4.90 Å². The molecule has 1 N–H and O–H groups in total. The third-order valence-corrected chi connectivity index (χ3v) is 5.57. The summed E-state index contributed by atoms with van der Waals surface area (Å²) in [4.78, 5) is 27.1. The van der Waals surface area contributed by atoms with E-state index in [2.05, 4.69) is 9.88 Å². The molecule has 1 fully saturated rings. The molecule has 1 aromatic carbocycles. The number of nitrogens with one attached hydrogen (secondary N) is 1. The molecular formula is C22H25N3O3S. The number of thiocarbonyl (C=S) groups is 1. The Morgan fingerprint density at radius 1 is 1.10 bits per heavy atom. The third kappa shape index (κ3) is 4.02. The number of ether oxygens (including phenoxy) is 1. The van der Waals surface area contributed by atoms with Gasteiger partial charge in [0.2, 0.25) is 0 Å². The van der Waals surface area contributed by atoms with Gasteiger partial charge in [-0.05, 0) is 80.9 Å². The maximum Gasteiger partial charge on any atom is 0.270 e. The molecule has 1 aliphatic rings. The van der Waals surface area contributed by atoms with Crippen LogP contribution in [0.15, 0.2) is 29.8 Å². The highest BCUT2D eigenvalue weighted by molar-refractivity contribution is 7.80. The largest absolute Gasteiger partial charge is 0.383 e. The Morgan fingerprint density at radius 3 is 2.48 bits per heavy atom. The van der Waals surface area contributed by atoms with Gasteiger partial charge in [-0.1, -0.05) is 6.07 Å². The normalized spacial score (nSPS) is 16.0. The van der Waals surface area contributed by atoms with Gasteiger partial charge in [0.15, 0.2) is 5.11 Å². The predicted molar refractivity (Wildman–Crippen MR) is 118 cm³/mol. The Kier molecular flexibility index (Phi) is 6.00. The second-order valence-electron chi connectivity index (χ2n) is 7.20. The molecule has 6 nitrogen and oxygen atoms in total. The first-order chi connectivity index (χ1) is 13.7. The highest BCUT2D eigenvalue weighted by atomic mass is 32.1. The number of hydrogen-bond acceptors (Lipinski definition) is 4. The number of aryl methyl sites for hydroxylation is 3. The number of carbonyl (C=O) groups is 2. The van der Waals surface area contributed by atoms with Crippen LogP contribution in [0.1, 0.15) is 28.1 Å². The quantitative estimate of drug-likeness (QED) is 0.466. The van der Waals surface area contributed by atoms with E-state index in [1.54, 1.807) is 13.2 Å². The minimum Gasteiger partial charge on any atom is -0.383 e. The molecule has 0 saturated carbocycles. The van der Waals surface area contributed by atoms with Crippen molar-refractivity contribution in [3.63, 3.8) is 0 Å². The molecule has 2 heterocycles. The summed E-state index contributed by atoms with van der Waals surface area (Å²) >= 11 is 5.28. The Balaban J connectivity index is 2.01. The number of benzene rings is 1. The van der Waals surface area contributed by atoms with Crippen LogP contribution < -0.4 is 10.2 Å². The highest BCUT2D eigenvalue weighted by Gasteiger charge is 2.34. The first-order valence-corrected chi connectivity index (χ1v) is 9.79. The number of anilines is 1. The zero-order valence-corrected chi connectivity index (χ0v) is 18.1. The zero-order valence-electron chi connectivity index (χ0n) is 17.3. The fraction of sp³-hybridized carbons (Fsp3) is 0.318. The lowest BCUT2D eigenvalue weighted by Crippen LogP contribution is -2.54. The number of nitrogens with zero attached hydrogens (tertiary/aromatic N) is 2. The average Bonchev–Trinajstić information content (AvgIpc) is 2.92. The van der Waals surface area contributed by atoms with Gasteiger partial charge in [0.25, 0.3) is 11.8 Å². The topological polar surface area (TPSA) is 63.6 Å². The van der Waals surface area contributed by atoms with Gasteiger partial charge in [-0.3, -0.25) is 19.8 Å². The summed E-state index contributed by atoms with van der Waals surface area (Å²) in [5, 5.41) is 2.73. The maximum absolute atomic E-state index is 13.2. The molecule has 0 aliphatic carbocycles. The maximum atomic E-state index is 13.2. The SMILES string of the molecule is COCCn1c(C)cc(C=C2C(=O)NC(=S)N(c3ccc(C)c(C)c3)C2=O)c1C. The summed E-state index contributed by atoms with van der Waals surface area (Å²) in [5.41, 5.74) is 5.69. The summed E-state index contributed by atoms with van der Waals surface area (Å²) < 4.78 is 7.27. The van der Waals surface area contributed by atoms with Crippen LogP contribution in [-0.2, 0) is 20.9 Å². The molecule has 1 saturated heterocycles. The first-order valence-electron chi connectivity index (χ1n) is 9.39. The van der Waals surface area contributed by atoms with E-state index in [0.29, 0.717) is 18.8 Å². The molecule has 0 unspecified atom stereocenters. The monoisotopic (exact) mass is 411 g/mol. The number of hydrogen-bond donors (Lipinski definition) is 1. The summed E-state index contributed by atoms with van der Waals surface area (Å²) in [7, 11) is 1.66. The van der Waals surface area contributed by atoms with Crippen molar-refractivity contribution in [1.82, 2.24) is 9.88 Å². The van der Waals surface area contributed by atoms with Crippen LogP contribution in [0.5, 0.6) is 0 Å². The Hall–Kier alpha value is -2.77. The van der Waals surface area contributed by atoms with Crippen molar-refractivity contribution < 1.29 is 14.3 Å². The standard InChI is InChI=1S/C22H25N3O3S/c1-13-6-7-18(10-14(13)2)25-21(27)19(20(26)23-22(25)29)12-17-11-15(3)24(16(17)4)8-9-28-5/h6-7,10-12H,8-9H2,1-5H3,(H,23,26,29). The molecule has 0 atom stereocenters. The number of carbonyl (C=O) groups excluding carboxylic acids is 2. The van der Waals surface area contributed by atoms with Gasteiger partial charge in [0, 0.05) is 25.0 Å². The smallest absolute Gasteiger partial charge is 0.270 e. The lowest BCUT2D eigenvalue weighted by atomic mass is 10.1. The van der Waals surface area contributed by atoms with Gasteiger partial charge in [-0.15, -0.1) is 0 Å². The molecule has 3 rings (SSSR count). The van der Waals surface area contributed by atoms with Crippen molar-refractivity contribution >= 4 is 40.9 Å². The molecule has 0 spiro atoms. The van der Waals surface area contributed by atoms with Crippen molar-refractivity contribution in [2.45, 2.75) is 34.2 Å². The number of methoxy groups -OCH3 is 1. The summed E-state index contributed by atoms with van der Waals surface area (Å²) in [6.45, 7) is 9.22. The van der Waals surface area contributed by atoms with Gasteiger partial charge in [0.05, 0.1) is 12.3 Å². The average molecular weight is 412 g/mol. The minimum absolute atomic E-state index is 0.0591. The molecular weight excluding hydrogens is 386 g/mol. The molecule has 29 heavy (non-hydrogen) atoms. The van der Waals surface area contributed by atoms with Gasteiger partial charge in [0.1, 0.15) is 5.57 Å². The molecule has 1 aromatic heterocycles. The lowest BCUT2D eigenvalue weighted by molar-refractivity contribution is -0.122. The predicted octanol–water partition coefficient (Wildman–Crippen LogP) is 3.20. The van der Waals surface area contributed by atoms with E-state index in [1.807, 2.05) is 52.0 Å². The van der Waals surface area contributed by atoms with Gasteiger partial charge in [-0.25, -0.2) is 0 Å². The first kappa shape index (κ1) is 21.0. The van der Waals surface area contributed by atoms with Crippen LogP contribution in [0.4, 0.5) is 5.69 Å². The van der Waals surface area contributed by atoms with E-state index < -0.39 is 11.8 Å². The van der Waals surface area contributed by atoms with E-state index in [4.69, 9.17) is 17.0 Å². The van der Waals surface area contributed by atoms with Gasteiger partial charge in [-0.2, -0.15) is 0 Å². The Labute approximate surface area is 176 Å². The molecule has 0 radical (unpaired) electrons. The zero-order chi connectivity index (χ0) is 21.3. The van der Waals surface area contributed by atoms with E-state index in [9.17, 15) is 9.59 Å². The molecule has 152 valence electrons. The van der Waals surface area contributed by atoms with Crippen molar-refractivity contribution in [3.8, 4) is 0 Å². The highest BCUT2D eigenvalue weighted by Crippen LogP contribution is 2.25. The second-order valence-corrected chi connectivity index (χ2v) is 7.58. The Morgan fingerprint density at radius 2 is 1.83 bits per heavy atom. The van der Waals surface area contributed by atoms with Gasteiger partial charge >= 0.3 is 0 Å². The second kappa shape index (κ2) is 8.31. The van der Waals surface area contributed by atoms with Crippen molar-refractivity contribution in [2.75, 3.05) is 18.6 Å². The van der Waals surface area contributed by atoms with Crippen molar-refractivity contribution in [1.29, 1.82) is 0 Å². The van der Waals surface area contributed by atoms with E-state index in [-0.39, 0.29) is 10.7 Å². The molecule has 0 bridgehead atoms. The number of aromatic nitrogens is 1. The Bertz CT molecular complexity index is 1040. The van der Waals surface area contributed by atoms with Crippen LogP contribution in [0, 0.1) is 27.7 Å². The van der Waals surface area contributed by atoms with Crippen LogP contribution >= 0.6 is 12.2 Å². The third-order valence-electron chi connectivity index (χ3n) is 5.28. The van der Waals surface area contributed by atoms with Crippen LogP contribution in [-0.4, -0.2) is 35.2 Å². The van der Waals surface area contributed by atoms with Crippen LogP contribution in [0.3, 0.4) is 0 Å². The van der Waals surface area contributed by atoms with Crippen LogP contribution in [0.25, 0.3) is 6.08 Å². The summed E-state index contributed by atoms with van der Waals surface area (Å²) in [5.74, 6) is -0.912. The number of amides is 2. The molecule has 2 aromatic rings. The minimum atomic E-state index is -0.484. The van der Waals surface area contributed by atoms with Crippen molar-refractivity contribution in [2.24, 2.45) is 0 Å². The number of rotatable bonds is 5. The van der Waals surface area contributed by atoms with Gasteiger partial charge < -0.3 is 9.30 Å². The molecule has 7 heteroatoms. The summed E-state index contributed by atoms with van der Waals surface area (Å²) in [6, 6.07) is 7.62.